The number of alkyl halides is 3. The first-order chi connectivity index (χ1) is 9.55. The fraction of sp³-hybridized carbons (Fsp3) is 0.538. The predicted octanol–water partition coefficient (Wildman–Crippen LogP) is 0.534. The van der Waals surface area contributed by atoms with Crippen LogP contribution in [-0.2, 0) is 10.9 Å². The SMILES string of the molecule is C[C@@]1(O)[C@@H]([C@H](O)c2ccc(C(F)(F)F)cc2)O[C@@H](N)[C@@H]1O. The van der Waals surface area contributed by atoms with Gasteiger partial charge in [-0.25, -0.2) is 0 Å². The molecule has 0 amide bonds. The van der Waals surface area contributed by atoms with Crippen molar-refractivity contribution in [3.05, 3.63) is 35.4 Å². The van der Waals surface area contributed by atoms with Gasteiger partial charge in [0.1, 0.15) is 30.1 Å². The molecule has 0 aromatic heterocycles. The molecule has 1 aliphatic heterocycles. The number of benzene rings is 1. The van der Waals surface area contributed by atoms with Gasteiger partial charge in [-0.15, -0.1) is 0 Å². The number of rotatable bonds is 2. The zero-order valence-electron chi connectivity index (χ0n) is 11.1. The third kappa shape index (κ3) is 2.90. The number of aliphatic hydroxyl groups is 3. The van der Waals surface area contributed by atoms with E-state index in [1.54, 1.807) is 0 Å². The molecule has 0 bridgehead atoms. The van der Waals surface area contributed by atoms with Crippen LogP contribution in [0.25, 0.3) is 0 Å². The molecule has 1 heterocycles. The monoisotopic (exact) mass is 307 g/mol. The van der Waals surface area contributed by atoms with E-state index in [9.17, 15) is 28.5 Å². The van der Waals surface area contributed by atoms with Crippen LogP contribution in [0.2, 0.25) is 0 Å². The van der Waals surface area contributed by atoms with Gasteiger partial charge in [0.2, 0.25) is 0 Å². The Labute approximate surface area is 118 Å². The van der Waals surface area contributed by atoms with Gasteiger partial charge in [0.05, 0.1) is 5.56 Å². The second-order valence-corrected chi connectivity index (χ2v) is 5.26. The Balaban J connectivity index is 2.23. The fourth-order valence-corrected chi connectivity index (χ4v) is 2.32. The molecule has 0 spiro atoms. The Morgan fingerprint density at radius 3 is 2.19 bits per heavy atom. The Morgan fingerprint density at radius 2 is 1.81 bits per heavy atom. The maximum absolute atomic E-state index is 12.5. The Kier molecular flexibility index (Phi) is 4.02. The molecule has 1 aliphatic rings. The average Bonchev–Trinajstić information content (AvgIpc) is 2.60. The van der Waals surface area contributed by atoms with Crippen LogP contribution in [0.15, 0.2) is 24.3 Å². The van der Waals surface area contributed by atoms with Gasteiger partial charge in [0.15, 0.2) is 0 Å². The number of ether oxygens (including phenoxy) is 1. The van der Waals surface area contributed by atoms with E-state index in [4.69, 9.17) is 10.5 Å². The van der Waals surface area contributed by atoms with Crippen molar-refractivity contribution >= 4 is 0 Å². The molecule has 118 valence electrons. The lowest BCUT2D eigenvalue weighted by Gasteiger charge is -2.29. The summed E-state index contributed by atoms with van der Waals surface area (Å²) in [5.74, 6) is 0. The van der Waals surface area contributed by atoms with Gasteiger partial charge < -0.3 is 25.8 Å². The standard InChI is InChI=1S/C13H16F3NO4/c1-12(20)9(19)11(17)21-10(12)8(18)6-2-4-7(5-3-6)13(14,15)16/h2-5,8-11,18-20H,17H2,1H3/t8-,9+,10-,11-,12+/m1/s1. The molecule has 1 aromatic rings. The normalized spacial score (nSPS) is 35.0. The minimum absolute atomic E-state index is 0.120. The van der Waals surface area contributed by atoms with Crippen molar-refractivity contribution < 1.29 is 33.2 Å². The summed E-state index contributed by atoms with van der Waals surface area (Å²) in [6.07, 6.45) is -9.75. The number of hydrogen-bond donors (Lipinski definition) is 4. The van der Waals surface area contributed by atoms with Gasteiger partial charge in [0.25, 0.3) is 0 Å². The Morgan fingerprint density at radius 1 is 1.29 bits per heavy atom. The Hall–Kier alpha value is -1.19. The largest absolute Gasteiger partial charge is 0.416 e. The van der Waals surface area contributed by atoms with Crippen molar-refractivity contribution in [3.63, 3.8) is 0 Å². The van der Waals surface area contributed by atoms with E-state index in [1.165, 1.54) is 6.92 Å². The van der Waals surface area contributed by atoms with Crippen LogP contribution in [0.3, 0.4) is 0 Å². The highest BCUT2D eigenvalue weighted by Gasteiger charge is 2.53. The molecule has 1 fully saturated rings. The summed E-state index contributed by atoms with van der Waals surface area (Å²) in [4.78, 5) is 0. The summed E-state index contributed by atoms with van der Waals surface area (Å²) in [7, 11) is 0. The van der Waals surface area contributed by atoms with Gasteiger partial charge in [-0.1, -0.05) is 12.1 Å². The molecule has 8 heteroatoms. The van der Waals surface area contributed by atoms with Crippen molar-refractivity contribution in [2.24, 2.45) is 5.73 Å². The molecular formula is C13H16F3NO4. The molecule has 5 N–H and O–H groups in total. The molecule has 0 saturated carbocycles. The molecular weight excluding hydrogens is 291 g/mol. The summed E-state index contributed by atoms with van der Waals surface area (Å²) in [5, 5.41) is 29.9. The molecule has 5 atom stereocenters. The van der Waals surface area contributed by atoms with Crippen LogP contribution in [0.5, 0.6) is 0 Å². The van der Waals surface area contributed by atoms with Crippen molar-refractivity contribution in [1.29, 1.82) is 0 Å². The summed E-state index contributed by atoms with van der Waals surface area (Å²) in [6, 6.07) is 3.81. The maximum atomic E-state index is 12.5. The van der Waals surface area contributed by atoms with E-state index >= 15 is 0 Å². The summed E-state index contributed by atoms with van der Waals surface area (Å²) in [6.45, 7) is 1.24. The zero-order valence-corrected chi connectivity index (χ0v) is 11.1. The first-order valence-electron chi connectivity index (χ1n) is 6.22. The van der Waals surface area contributed by atoms with Crippen molar-refractivity contribution in [2.75, 3.05) is 0 Å². The van der Waals surface area contributed by atoms with Crippen molar-refractivity contribution in [3.8, 4) is 0 Å². The molecule has 1 saturated heterocycles. The highest BCUT2D eigenvalue weighted by molar-refractivity contribution is 5.27. The van der Waals surface area contributed by atoms with Crippen LogP contribution in [-0.4, -0.2) is 39.4 Å². The first kappa shape index (κ1) is 16.2. The van der Waals surface area contributed by atoms with Crippen LogP contribution in [0.1, 0.15) is 24.2 Å². The van der Waals surface area contributed by atoms with E-state index in [0.29, 0.717) is 0 Å². The first-order valence-corrected chi connectivity index (χ1v) is 6.22. The molecule has 5 nitrogen and oxygen atoms in total. The summed E-state index contributed by atoms with van der Waals surface area (Å²) >= 11 is 0. The van der Waals surface area contributed by atoms with Crippen LogP contribution < -0.4 is 5.73 Å². The average molecular weight is 307 g/mol. The molecule has 0 unspecified atom stereocenters. The Bertz CT molecular complexity index is 503. The van der Waals surface area contributed by atoms with Crippen LogP contribution >= 0.6 is 0 Å². The van der Waals surface area contributed by atoms with Gasteiger partial charge in [-0.05, 0) is 24.6 Å². The minimum Gasteiger partial charge on any atom is -0.386 e. The summed E-state index contributed by atoms with van der Waals surface area (Å²) < 4.78 is 42.5. The smallest absolute Gasteiger partial charge is 0.386 e. The zero-order chi connectivity index (χ0) is 16.0. The summed E-state index contributed by atoms with van der Waals surface area (Å²) in [5.41, 5.74) is 2.90. The van der Waals surface area contributed by atoms with E-state index in [1.807, 2.05) is 0 Å². The molecule has 0 aliphatic carbocycles. The highest BCUT2D eigenvalue weighted by atomic mass is 19.4. The minimum atomic E-state index is -4.47. The number of hydrogen-bond acceptors (Lipinski definition) is 5. The number of aliphatic hydroxyl groups excluding tert-OH is 2. The fourth-order valence-electron chi connectivity index (χ4n) is 2.32. The van der Waals surface area contributed by atoms with Crippen LogP contribution in [0, 0.1) is 0 Å². The van der Waals surface area contributed by atoms with Gasteiger partial charge >= 0.3 is 6.18 Å². The lowest BCUT2D eigenvalue weighted by molar-refractivity contribution is -0.137. The molecule has 21 heavy (non-hydrogen) atoms. The third-order valence-electron chi connectivity index (χ3n) is 3.66. The van der Waals surface area contributed by atoms with Gasteiger partial charge in [-0.2, -0.15) is 13.2 Å². The highest BCUT2D eigenvalue weighted by Crippen LogP contribution is 2.37. The second kappa shape index (κ2) is 5.22. The van der Waals surface area contributed by atoms with Gasteiger partial charge in [0, 0.05) is 0 Å². The third-order valence-corrected chi connectivity index (χ3v) is 3.66. The quantitative estimate of drug-likeness (QED) is 0.639. The lowest BCUT2D eigenvalue weighted by atomic mass is 9.88. The number of nitrogens with two attached hydrogens (primary N) is 1. The number of halogens is 3. The van der Waals surface area contributed by atoms with Crippen molar-refractivity contribution in [1.82, 2.24) is 0 Å². The van der Waals surface area contributed by atoms with Crippen LogP contribution in [0.4, 0.5) is 13.2 Å². The maximum Gasteiger partial charge on any atom is 0.416 e. The van der Waals surface area contributed by atoms with E-state index in [-0.39, 0.29) is 5.56 Å². The van der Waals surface area contributed by atoms with E-state index in [0.717, 1.165) is 24.3 Å². The molecule has 2 rings (SSSR count). The second-order valence-electron chi connectivity index (χ2n) is 5.26. The van der Waals surface area contributed by atoms with Gasteiger partial charge in [-0.3, -0.25) is 0 Å². The van der Waals surface area contributed by atoms with E-state index in [2.05, 4.69) is 0 Å². The topological polar surface area (TPSA) is 95.9 Å². The van der Waals surface area contributed by atoms with E-state index < -0.39 is 41.9 Å². The van der Waals surface area contributed by atoms with Crippen molar-refractivity contribution in [2.45, 2.75) is 43.2 Å². The lowest BCUT2D eigenvalue weighted by Crippen LogP contribution is -2.48. The molecule has 1 aromatic carbocycles. The molecule has 0 radical (unpaired) electrons. The predicted molar refractivity (Wildman–Crippen MR) is 65.9 cm³/mol.